The van der Waals surface area contributed by atoms with Crippen molar-refractivity contribution in [3.05, 3.63) is 54.1 Å². The molecule has 0 amide bonds. The monoisotopic (exact) mass is 243 g/mol. The number of hydrogen-bond donors (Lipinski definition) is 2. The average Bonchev–Trinajstić information content (AvgIpc) is 2.82. The molecule has 5 heteroatoms. The van der Waals surface area contributed by atoms with Gasteiger partial charge in [-0.15, -0.1) is 0 Å². The fraction of sp³-hybridized carbons (Fsp3) is 0.231. The third-order valence-corrected chi connectivity index (χ3v) is 2.69. The first kappa shape index (κ1) is 12.2. The molecule has 0 saturated carbocycles. The lowest BCUT2D eigenvalue weighted by molar-refractivity contribution is 0.652. The summed E-state index contributed by atoms with van der Waals surface area (Å²) in [6, 6.07) is 10.3. The Hall–Kier alpha value is -2.30. The molecule has 0 atom stereocenters. The van der Waals surface area contributed by atoms with Crippen LogP contribution in [0.15, 0.2) is 47.7 Å². The van der Waals surface area contributed by atoms with E-state index in [9.17, 15) is 0 Å². The summed E-state index contributed by atoms with van der Waals surface area (Å²) in [6.45, 7) is 1.30. The van der Waals surface area contributed by atoms with Gasteiger partial charge in [0.1, 0.15) is 12.4 Å². The third-order valence-electron chi connectivity index (χ3n) is 2.69. The number of imidazole rings is 1. The molecule has 18 heavy (non-hydrogen) atoms. The Morgan fingerprint density at radius 2 is 2.00 bits per heavy atom. The van der Waals surface area contributed by atoms with E-state index in [0.717, 1.165) is 18.8 Å². The van der Waals surface area contributed by atoms with Crippen molar-refractivity contribution in [1.82, 2.24) is 9.55 Å². The minimum absolute atomic E-state index is 0.0904. The number of guanidine groups is 1. The lowest BCUT2D eigenvalue weighted by Crippen LogP contribution is -2.23. The maximum Gasteiger partial charge on any atom is 0.186 e. The van der Waals surface area contributed by atoms with E-state index in [-0.39, 0.29) is 5.96 Å². The molecule has 0 spiro atoms. The Labute approximate surface area is 106 Å². The highest BCUT2D eigenvalue weighted by Gasteiger charge is 2.02. The third kappa shape index (κ3) is 3.35. The number of aliphatic imine (C=N–C) groups is 1. The van der Waals surface area contributed by atoms with Gasteiger partial charge in [-0.25, -0.2) is 9.98 Å². The van der Waals surface area contributed by atoms with Gasteiger partial charge in [0.2, 0.25) is 0 Å². The van der Waals surface area contributed by atoms with Crippen LogP contribution >= 0.6 is 0 Å². The zero-order valence-electron chi connectivity index (χ0n) is 10.2. The van der Waals surface area contributed by atoms with Crippen LogP contribution < -0.4 is 11.5 Å². The summed E-state index contributed by atoms with van der Waals surface area (Å²) >= 11 is 0. The summed E-state index contributed by atoms with van der Waals surface area (Å²) in [5.41, 5.74) is 11.9. The highest BCUT2D eigenvalue weighted by atomic mass is 15.1. The molecule has 0 saturated heterocycles. The molecule has 0 aliphatic heterocycles. The molecule has 0 fully saturated rings. The molecule has 0 unspecified atom stereocenters. The summed E-state index contributed by atoms with van der Waals surface area (Å²) in [4.78, 5) is 8.22. The summed E-state index contributed by atoms with van der Waals surface area (Å²) in [6.07, 6.45) is 4.68. The molecule has 2 rings (SSSR count). The molecule has 0 radical (unpaired) electrons. The van der Waals surface area contributed by atoms with Crippen LogP contribution in [0.1, 0.15) is 11.4 Å². The molecule has 0 aliphatic carbocycles. The van der Waals surface area contributed by atoms with Gasteiger partial charge in [-0.2, -0.15) is 0 Å². The first-order valence-corrected chi connectivity index (χ1v) is 5.85. The molecule has 1 heterocycles. The number of aromatic nitrogens is 2. The molecular weight excluding hydrogens is 226 g/mol. The van der Waals surface area contributed by atoms with Gasteiger partial charge < -0.3 is 16.0 Å². The highest BCUT2D eigenvalue weighted by molar-refractivity contribution is 5.75. The lowest BCUT2D eigenvalue weighted by Gasteiger charge is -2.06. The number of benzene rings is 1. The zero-order chi connectivity index (χ0) is 12.8. The maximum atomic E-state index is 5.31. The Bertz CT molecular complexity index is 511. The number of aryl methyl sites for hydroxylation is 2. The Morgan fingerprint density at radius 1 is 1.22 bits per heavy atom. The van der Waals surface area contributed by atoms with Gasteiger partial charge in [0.05, 0.1) is 0 Å². The van der Waals surface area contributed by atoms with Gasteiger partial charge in [0.15, 0.2) is 5.96 Å². The predicted molar refractivity (Wildman–Crippen MR) is 71.9 cm³/mol. The van der Waals surface area contributed by atoms with E-state index >= 15 is 0 Å². The predicted octanol–water partition coefficient (Wildman–Crippen LogP) is 0.899. The van der Waals surface area contributed by atoms with E-state index in [1.165, 1.54) is 5.56 Å². The smallest absolute Gasteiger partial charge is 0.186 e. The first-order valence-electron chi connectivity index (χ1n) is 5.85. The summed E-state index contributed by atoms with van der Waals surface area (Å²) < 4.78 is 2.07. The topological polar surface area (TPSA) is 82.2 Å². The molecular formula is C13H17N5. The van der Waals surface area contributed by atoms with Gasteiger partial charge in [-0.05, 0) is 12.0 Å². The van der Waals surface area contributed by atoms with Crippen molar-refractivity contribution in [2.24, 2.45) is 16.5 Å². The summed E-state index contributed by atoms with van der Waals surface area (Å²) in [5.74, 6) is 0.965. The second kappa shape index (κ2) is 5.86. The zero-order valence-corrected chi connectivity index (χ0v) is 10.2. The van der Waals surface area contributed by atoms with Crippen molar-refractivity contribution in [1.29, 1.82) is 0 Å². The van der Waals surface area contributed by atoms with E-state index in [1.54, 1.807) is 6.20 Å². The minimum Gasteiger partial charge on any atom is -0.370 e. The normalized spacial score (nSPS) is 10.2. The number of hydrogen-bond acceptors (Lipinski definition) is 2. The second-order valence-electron chi connectivity index (χ2n) is 4.01. The van der Waals surface area contributed by atoms with Crippen molar-refractivity contribution in [2.75, 3.05) is 0 Å². The molecule has 94 valence electrons. The summed E-state index contributed by atoms with van der Waals surface area (Å²) in [7, 11) is 0. The van der Waals surface area contributed by atoms with E-state index < -0.39 is 0 Å². The standard InChI is InChI=1S/C13H17N5/c14-13(15)17-10-12-16-7-9-18(12)8-6-11-4-2-1-3-5-11/h1-5,7,9H,6,8,10H2,(H4,14,15,17). The van der Waals surface area contributed by atoms with Crippen molar-refractivity contribution in [3.8, 4) is 0 Å². The SMILES string of the molecule is NC(N)=NCc1nccn1CCc1ccccc1. The number of nitrogens with zero attached hydrogens (tertiary/aromatic N) is 3. The van der Waals surface area contributed by atoms with Crippen LogP contribution in [0.5, 0.6) is 0 Å². The largest absolute Gasteiger partial charge is 0.370 e. The van der Waals surface area contributed by atoms with Gasteiger partial charge in [0, 0.05) is 18.9 Å². The Balaban J connectivity index is 1.98. The van der Waals surface area contributed by atoms with Crippen LogP contribution in [0.4, 0.5) is 0 Å². The molecule has 2 aromatic rings. The fourth-order valence-corrected chi connectivity index (χ4v) is 1.75. The van der Waals surface area contributed by atoms with Gasteiger partial charge in [0.25, 0.3) is 0 Å². The van der Waals surface area contributed by atoms with Crippen LogP contribution in [0.3, 0.4) is 0 Å². The van der Waals surface area contributed by atoms with Crippen molar-refractivity contribution >= 4 is 5.96 Å². The molecule has 1 aromatic heterocycles. The maximum absolute atomic E-state index is 5.31. The number of rotatable bonds is 5. The van der Waals surface area contributed by atoms with Gasteiger partial charge >= 0.3 is 0 Å². The van der Waals surface area contributed by atoms with Crippen LogP contribution in [0, 0.1) is 0 Å². The molecule has 4 N–H and O–H groups in total. The minimum atomic E-state index is 0.0904. The number of nitrogens with two attached hydrogens (primary N) is 2. The first-order chi connectivity index (χ1) is 8.75. The van der Waals surface area contributed by atoms with Crippen LogP contribution in [-0.4, -0.2) is 15.5 Å². The van der Waals surface area contributed by atoms with Gasteiger partial charge in [-0.1, -0.05) is 30.3 Å². The second-order valence-corrected chi connectivity index (χ2v) is 4.01. The molecule has 0 aliphatic rings. The van der Waals surface area contributed by atoms with Gasteiger partial charge in [-0.3, -0.25) is 0 Å². The molecule has 0 bridgehead atoms. The van der Waals surface area contributed by atoms with E-state index in [4.69, 9.17) is 11.5 Å². The Kier molecular flexibility index (Phi) is 3.96. The van der Waals surface area contributed by atoms with E-state index in [1.807, 2.05) is 24.4 Å². The average molecular weight is 243 g/mol. The van der Waals surface area contributed by atoms with Crippen molar-refractivity contribution in [3.63, 3.8) is 0 Å². The Morgan fingerprint density at radius 3 is 2.72 bits per heavy atom. The summed E-state index contributed by atoms with van der Waals surface area (Å²) in [5, 5.41) is 0. The van der Waals surface area contributed by atoms with Crippen LogP contribution in [0.25, 0.3) is 0 Å². The molecule has 1 aromatic carbocycles. The fourth-order valence-electron chi connectivity index (χ4n) is 1.75. The lowest BCUT2D eigenvalue weighted by atomic mass is 10.1. The van der Waals surface area contributed by atoms with Crippen LogP contribution in [-0.2, 0) is 19.5 Å². The van der Waals surface area contributed by atoms with E-state index in [2.05, 4.69) is 26.7 Å². The van der Waals surface area contributed by atoms with Crippen molar-refractivity contribution in [2.45, 2.75) is 19.5 Å². The molecule has 5 nitrogen and oxygen atoms in total. The highest BCUT2D eigenvalue weighted by Crippen LogP contribution is 2.05. The van der Waals surface area contributed by atoms with Crippen molar-refractivity contribution < 1.29 is 0 Å². The van der Waals surface area contributed by atoms with Crippen LogP contribution in [0.2, 0.25) is 0 Å². The van der Waals surface area contributed by atoms with E-state index in [0.29, 0.717) is 6.54 Å². The quantitative estimate of drug-likeness (QED) is 0.604.